The Balaban J connectivity index is 2.26. The summed E-state index contributed by atoms with van der Waals surface area (Å²) >= 11 is 0. The second-order valence-corrected chi connectivity index (χ2v) is 6.07. The van der Waals surface area contributed by atoms with Crippen molar-refractivity contribution in [1.82, 2.24) is 10.2 Å². The van der Waals surface area contributed by atoms with Crippen LogP contribution in [0.3, 0.4) is 0 Å². The Kier molecular flexibility index (Phi) is 3.70. The van der Waals surface area contributed by atoms with Crippen molar-refractivity contribution in [1.29, 1.82) is 0 Å². The number of benzene rings is 1. The maximum Gasteiger partial charge on any atom is 0.328 e. The molecule has 1 saturated heterocycles. The van der Waals surface area contributed by atoms with Gasteiger partial charge in [-0.25, -0.2) is 9.59 Å². The van der Waals surface area contributed by atoms with Crippen LogP contribution in [0, 0.1) is 0 Å². The van der Waals surface area contributed by atoms with E-state index in [4.69, 9.17) is 0 Å². The summed E-state index contributed by atoms with van der Waals surface area (Å²) in [5.41, 5.74) is 0.485. The van der Waals surface area contributed by atoms with Gasteiger partial charge in [-0.2, -0.15) is 0 Å². The van der Waals surface area contributed by atoms with Crippen LogP contribution in [0.4, 0.5) is 4.79 Å². The number of urea groups is 1. The third kappa shape index (κ3) is 2.76. The molecule has 1 aromatic carbocycles. The van der Waals surface area contributed by atoms with Crippen LogP contribution in [0.1, 0.15) is 26.3 Å². The summed E-state index contributed by atoms with van der Waals surface area (Å²) in [6.45, 7) is 5.52. The number of nitrogens with zero attached hydrogens (tertiary/aromatic N) is 1. The van der Waals surface area contributed by atoms with Crippen LogP contribution in [-0.4, -0.2) is 39.6 Å². The minimum atomic E-state index is -0.973. The van der Waals surface area contributed by atoms with E-state index in [-0.39, 0.29) is 6.03 Å². The van der Waals surface area contributed by atoms with Gasteiger partial charge in [0.15, 0.2) is 6.04 Å². The highest BCUT2D eigenvalue weighted by Gasteiger charge is 2.48. The van der Waals surface area contributed by atoms with Crippen LogP contribution in [0.25, 0.3) is 0 Å². The lowest BCUT2D eigenvalue weighted by atomic mass is 9.97. The summed E-state index contributed by atoms with van der Waals surface area (Å²) in [6.07, 6.45) is 0.510. The predicted molar refractivity (Wildman–Crippen MR) is 75.5 cm³/mol. The molecule has 5 nitrogen and oxygen atoms in total. The predicted octanol–water partition coefficient (Wildman–Crippen LogP) is 1.87. The van der Waals surface area contributed by atoms with Gasteiger partial charge in [0.2, 0.25) is 0 Å². The van der Waals surface area contributed by atoms with Crippen molar-refractivity contribution >= 4 is 12.0 Å². The highest BCUT2D eigenvalue weighted by Crippen LogP contribution is 2.26. The Hall–Kier alpha value is -2.04. The van der Waals surface area contributed by atoms with E-state index in [2.05, 4.69) is 5.32 Å². The molecule has 108 valence electrons. The first-order valence-corrected chi connectivity index (χ1v) is 6.67. The Bertz CT molecular complexity index is 508. The average Bonchev–Trinajstić information content (AvgIpc) is 2.67. The molecule has 2 N–H and O–H groups in total. The molecule has 2 amide bonds. The van der Waals surface area contributed by atoms with Gasteiger partial charge in [-0.1, -0.05) is 30.3 Å². The maximum atomic E-state index is 12.1. The molecule has 2 atom stereocenters. The molecule has 0 saturated carbocycles. The molecule has 1 aromatic rings. The number of carboxylic acids is 1. The van der Waals surface area contributed by atoms with Crippen LogP contribution in [0.15, 0.2) is 30.3 Å². The van der Waals surface area contributed by atoms with Gasteiger partial charge >= 0.3 is 12.0 Å². The van der Waals surface area contributed by atoms with Gasteiger partial charge in [-0.3, -0.25) is 0 Å². The fourth-order valence-electron chi connectivity index (χ4n) is 2.65. The Morgan fingerprint density at radius 3 is 2.40 bits per heavy atom. The molecule has 2 rings (SSSR count). The lowest BCUT2D eigenvalue weighted by Gasteiger charge is -2.34. The molecule has 1 fully saturated rings. The molecule has 0 aromatic heterocycles. The van der Waals surface area contributed by atoms with Gasteiger partial charge in [-0.05, 0) is 32.8 Å². The van der Waals surface area contributed by atoms with Crippen LogP contribution < -0.4 is 5.32 Å². The number of nitrogens with one attached hydrogen (secondary N) is 1. The van der Waals surface area contributed by atoms with E-state index in [1.807, 2.05) is 51.1 Å². The van der Waals surface area contributed by atoms with Crippen molar-refractivity contribution in [2.75, 3.05) is 0 Å². The molecule has 0 bridgehead atoms. The van der Waals surface area contributed by atoms with Gasteiger partial charge in [0, 0.05) is 5.54 Å². The molecule has 0 spiro atoms. The molecule has 5 heteroatoms. The second-order valence-electron chi connectivity index (χ2n) is 6.07. The Morgan fingerprint density at radius 2 is 1.90 bits per heavy atom. The number of hydrogen-bond acceptors (Lipinski definition) is 2. The standard InChI is InChI=1S/C15H20N2O3/c1-15(2,3)17-12(13(18)19)11(16-14(17)20)9-10-7-5-4-6-8-10/h4-8,11-12H,9H2,1-3H3,(H,16,20)(H,18,19)/t11-,12+/m1/s1. The first-order valence-electron chi connectivity index (χ1n) is 6.67. The third-order valence-electron chi connectivity index (χ3n) is 3.46. The average molecular weight is 276 g/mol. The lowest BCUT2D eigenvalue weighted by molar-refractivity contribution is -0.143. The summed E-state index contributed by atoms with van der Waals surface area (Å²) in [7, 11) is 0. The zero-order chi connectivity index (χ0) is 14.9. The maximum absolute atomic E-state index is 12.1. The van der Waals surface area contributed by atoms with Crippen molar-refractivity contribution in [3.63, 3.8) is 0 Å². The van der Waals surface area contributed by atoms with Gasteiger partial charge in [-0.15, -0.1) is 0 Å². The summed E-state index contributed by atoms with van der Waals surface area (Å²) in [5, 5.41) is 12.3. The van der Waals surface area contributed by atoms with Gasteiger partial charge in [0.05, 0.1) is 6.04 Å². The number of carboxylic acid groups (broad SMARTS) is 1. The summed E-state index contributed by atoms with van der Waals surface area (Å²) in [6, 6.07) is 8.02. The van der Waals surface area contributed by atoms with Gasteiger partial charge < -0.3 is 15.3 Å². The van der Waals surface area contributed by atoms with Crippen molar-refractivity contribution < 1.29 is 14.7 Å². The Morgan fingerprint density at radius 1 is 1.30 bits per heavy atom. The zero-order valence-electron chi connectivity index (χ0n) is 12.0. The molecular formula is C15H20N2O3. The fourth-order valence-corrected chi connectivity index (χ4v) is 2.65. The number of carbonyl (C=O) groups excluding carboxylic acids is 1. The Labute approximate surface area is 118 Å². The van der Waals surface area contributed by atoms with E-state index in [9.17, 15) is 14.7 Å². The molecule has 0 aliphatic carbocycles. The SMILES string of the molecule is CC(C)(C)N1C(=O)N[C@H](Cc2ccccc2)[C@H]1C(=O)O. The van der Waals surface area contributed by atoms with E-state index in [0.717, 1.165) is 5.56 Å². The number of aliphatic carboxylic acids is 1. The van der Waals surface area contributed by atoms with Crippen LogP contribution in [0.2, 0.25) is 0 Å². The minimum absolute atomic E-state index is 0.314. The topological polar surface area (TPSA) is 69.6 Å². The van der Waals surface area contributed by atoms with Crippen LogP contribution >= 0.6 is 0 Å². The van der Waals surface area contributed by atoms with Crippen LogP contribution in [0.5, 0.6) is 0 Å². The van der Waals surface area contributed by atoms with Crippen molar-refractivity contribution in [3.8, 4) is 0 Å². The second kappa shape index (κ2) is 5.15. The molecule has 0 unspecified atom stereocenters. The molecular weight excluding hydrogens is 256 g/mol. The normalized spacial score (nSPS) is 22.8. The largest absolute Gasteiger partial charge is 0.480 e. The molecule has 20 heavy (non-hydrogen) atoms. The first kappa shape index (κ1) is 14.4. The minimum Gasteiger partial charge on any atom is -0.480 e. The highest BCUT2D eigenvalue weighted by molar-refractivity contribution is 5.88. The quantitative estimate of drug-likeness (QED) is 0.885. The van der Waals surface area contributed by atoms with Crippen molar-refractivity contribution in [2.45, 2.75) is 44.8 Å². The zero-order valence-corrected chi connectivity index (χ0v) is 12.0. The molecule has 1 aliphatic rings. The number of hydrogen-bond donors (Lipinski definition) is 2. The number of amides is 2. The third-order valence-corrected chi connectivity index (χ3v) is 3.46. The van der Waals surface area contributed by atoms with E-state index in [1.54, 1.807) is 0 Å². The number of carbonyl (C=O) groups is 2. The lowest BCUT2D eigenvalue weighted by Crippen LogP contribution is -2.52. The molecule has 1 heterocycles. The van der Waals surface area contributed by atoms with E-state index < -0.39 is 23.6 Å². The van der Waals surface area contributed by atoms with Gasteiger partial charge in [0.1, 0.15) is 0 Å². The highest BCUT2D eigenvalue weighted by atomic mass is 16.4. The van der Waals surface area contributed by atoms with Gasteiger partial charge in [0.25, 0.3) is 0 Å². The smallest absolute Gasteiger partial charge is 0.328 e. The van der Waals surface area contributed by atoms with E-state index in [0.29, 0.717) is 6.42 Å². The van der Waals surface area contributed by atoms with E-state index >= 15 is 0 Å². The van der Waals surface area contributed by atoms with Crippen LogP contribution in [-0.2, 0) is 11.2 Å². The summed E-state index contributed by atoms with van der Waals surface area (Å²) < 4.78 is 0. The van der Waals surface area contributed by atoms with E-state index in [1.165, 1.54) is 4.90 Å². The first-order chi connectivity index (χ1) is 9.30. The van der Waals surface area contributed by atoms with Crippen molar-refractivity contribution in [3.05, 3.63) is 35.9 Å². The number of rotatable bonds is 3. The monoisotopic (exact) mass is 276 g/mol. The summed E-state index contributed by atoms with van der Waals surface area (Å²) in [5.74, 6) is -0.973. The molecule has 1 aliphatic heterocycles. The summed E-state index contributed by atoms with van der Waals surface area (Å²) in [4.78, 5) is 25.1. The molecule has 0 radical (unpaired) electrons. The van der Waals surface area contributed by atoms with Crippen molar-refractivity contribution in [2.24, 2.45) is 0 Å². The fraction of sp³-hybridized carbons (Fsp3) is 0.467.